The lowest BCUT2D eigenvalue weighted by Crippen LogP contribution is -2.16. The van der Waals surface area contributed by atoms with Crippen molar-refractivity contribution in [1.82, 2.24) is 5.32 Å². The number of hydrogen-bond acceptors (Lipinski definition) is 3. The average Bonchev–Trinajstić information content (AvgIpc) is 2.42. The molecule has 0 saturated carbocycles. The third-order valence-electron chi connectivity index (χ3n) is 2.56. The summed E-state index contributed by atoms with van der Waals surface area (Å²) in [6.45, 7) is 1.82. The summed E-state index contributed by atoms with van der Waals surface area (Å²) < 4.78 is 0. The minimum Gasteiger partial charge on any atom is -0.508 e. The highest BCUT2D eigenvalue weighted by molar-refractivity contribution is 7.99. The van der Waals surface area contributed by atoms with Gasteiger partial charge in [0.15, 0.2) is 0 Å². The van der Waals surface area contributed by atoms with Crippen LogP contribution in [0.4, 0.5) is 0 Å². The molecule has 2 nitrogen and oxygen atoms in total. The number of phenols is 1. The minimum atomic E-state index is 0.318. The van der Waals surface area contributed by atoms with E-state index in [9.17, 15) is 0 Å². The molecule has 0 aliphatic carbocycles. The van der Waals surface area contributed by atoms with Crippen LogP contribution in [0.2, 0.25) is 0 Å². The summed E-state index contributed by atoms with van der Waals surface area (Å²) in [6.07, 6.45) is 0. The molecule has 0 unspecified atom stereocenters. The molecule has 0 atom stereocenters. The van der Waals surface area contributed by atoms with Crippen molar-refractivity contribution in [2.24, 2.45) is 0 Å². The standard InChI is InChI=1S/C15H17NOS/c17-14-8-6-13(7-9-14)12-16-10-11-18-15-4-2-1-3-5-15/h1-9,16-17H,10-12H2. The van der Waals surface area contributed by atoms with Gasteiger partial charge in [0.25, 0.3) is 0 Å². The van der Waals surface area contributed by atoms with Crippen LogP contribution in [-0.2, 0) is 6.54 Å². The summed E-state index contributed by atoms with van der Waals surface area (Å²) in [6, 6.07) is 17.7. The van der Waals surface area contributed by atoms with Gasteiger partial charge in [-0.3, -0.25) is 0 Å². The van der Waals surface area contributed by atoms with Crippen LogP contribution in [0.3, 0.4) is 0 Å². The van der Waals surface area contributed by atoms with Crippen LogP contribution >= 0.6 is 11.8 Å². The predicted octanol–water partition coefficient (Wildman–Crippen LogP) is 3.27. The van der Waals surface area contributed by atoms with Gasteiger partial charge in [-0.1, -0.05) is 30.3 Å². The molecule has 0 heterocycles. The molecule has 0 bridgehead atoms. The lowest BCUT2D eigenvalue weighted by Gasteiger charge is -2.05. The number of hydrogen-bond donors (Lipinski definition) is 2. The summed E-state index contributed by atoms with van der Waals surface area (Å²) in [4.78, 5) is 1.31. The molecule has 0 aromatic heterocycles. The second-order valence-corrected chi connectivity index (χ2v) is 5.17. The fraction of sp³-hybridized carbons (Fsp3) is 0.200. The highest BCUT2D eigenvalue weighted by Gasteiger charge is 1.94. The van der Waals surface area contributed by atoms with E-state index in [1.54, 1.807) is 12.1 Å². The Hall–Kier alpha value is -1.45. The van der Waals surface area contributed by atoms with Crippen LogP contribution in [-0.4, -0.2) is 17.4 Å². The number of thioether (sulfide) groups is 1. The fourth-order valence-corrected chi connectivity index (χ4v) is 2.44. The van der Waals surface area contributed by atoms with E-state index in [1.807, 2.05) is 30.0 Å². The average molecular weight is 259 g/mol. The van der Waals surface area contributed by atoms with Gasteiger partial charge in [0.1, 0.15) is 5.75 Å². The van der Waals surface area contributed by atoms with Gasteiger partial charge < -0.3 is 10.4 Å². The van der Waals surface area contributed by atoms with Gasteiger partial charge >= 0.3 is 0 Å². The zero-order valence-corrected chi connectivity index (χ0v) is 11.0. The van der Waals surface area contributed by atoms with E-state index in [4.69, 9.17) is 5.11 Å². The van der Waals surface area contributed by atoms with E-state index in [0.29, 0.717) is 5.75 Å². The zero-order valence-electron chi connectivity index (χ0n) is 10.2. The number of benzene rings is 2. The van der Waals surface area contributed by atoms with E-state index in [0.717, 1.165) is 18.8 Å². The Balaban J connectivity index is 1.63. The van der Waals surface area contributed by atoms with Crippen molar-refractivity contribution in [3.05, 3.63) is 60.2 Å². The van der Waals surface area contributed by atoms with Crippen LogP contribution in [0.5, 0.6) is 5.75 Å². The summed E-state index contributed by atoms with van der Waals surface area (Å²) in [5, 5.41) is 12.6. The second kappa shape index (κ2) is 7.09. The SMILES string of the molecule is Oc1ccc(CNCCSc2ccccc2)cc1. The topological polar surface area (TPSA) is 32.3 Å². The van der Waals surface area contributed by atoms with Gasteiger partial charge in [-0.2, -0.15) is 0 Å². The fourth-order valence-electron chi connectivity index (χ4n) is 1.60. The molecule has 0 aliphatic heterocycles. The summed E-state index contributed by atoms with van der Waals surface area (Å²) >= 11 is 1.86. The molecule has 0 spiro atoms. The van der Waals surface area contributed by atoms with E-state index in [1.165, 1.54) is 10.5 Å². The minimum absolute atomic E-state index is 0.318. The van der Waals surface area contributed by atoms with Gasteiger partial charge in [-0.05, 0) is 29.8 Å². The van der Waals surface area contributed by atoms with Crippen molar-refractivity contribution in [2.45, 2.75) is 11.4 Å². The molecule has 18 heavy (non-hydrogen) atoms. The van der Waals surface area contributed by atoms with Gasteiger partial charge in [-0.25, -0.2) is 0 Å². The molecular weight excluding hydrogens is 242 g/mol. The maximum atomic E-state index is 9.17. The number of aromatic hydroxyl groups is 1. The van der Waals surface area contributed by atoms with Crippen LogP contribution in [0, 0.1) is 0 Å². The predicted molar refractivity (Wildman–Crippen MR) is 77.0 cm³/mol. The molecule has 94 valence electrons. The second-order valence-electron chi connectivity index (χ2n) is 4.00. The lowest BCUT2D eigenvalue weighted by atomic mass is 10.2. The zero-order chi connectivity index (χ0) is 12.6. The van der Waals surface area contributed by atoms with Crippen molar-refractivity contribution >= 4 is 11.8 Å². The van der Waals surface area contributed by atoms with Crippen molar-refractivity contribution in [3.63, 3.8) is 0 Å². The quantitative estimate of drug-likeness (QED) is 0.617. The van der Waals surface area contributed by atoms with Gasteiger partial charge in [-0.15, -0.1) is 11.8 Å². The van der Waals surface area contributed by atoms with E-state index in [-0.39, 0.29) is 0 Å². The van der Waals surface area contributed by atoms with Crippen molar-refractivity contribution in [1.29, 1.82) is 0 Å². The Morgan fingerprint density at radius 2 is 1.67 bits per heavy atom. The van der Waals surface area contributed by atoms with Crippen molar-refractivity contribution in [3.8, 4) is 5.75 Å². The van der Waals surface area contributed by atoms with Crippen LogP contribution in [0.1, 0.15) is 5.56 Å². The molecule has 2 aromatic rings. The van der Waals surface area contributed by atoms with Gasteiger partial charge in [0.05, 0.1) is 0 Å². The third-order valence-corrected chi connectivity index (χ3v) is 3.57. The molecule has 0 aliphatic rings. The summed E-state index contributed by atoms with van der Waals surface area (Å²) in [5.41, 5.74) is 1.19. The Morgan fingerprint density at radius 1 is 0.944 bits per heavy atom. The lowest BCUT2D eigenvalue weighted by molar-refractivity contribution is 0.475. The van der Waals surface area contributed by atoms with Crippen molar-refractivity contribution in [2.75, 3.05) is 12.3 Å². The first-order valence-corrected chi connectivity index (χ1v) is 6.99. The molecule has 3 heteroatoms. The van der Waals surface area contributed by atoms with Gasteiger partial charge in [0, 0.05) is 23.7 Å². The maximum absolute atomic E-state index is 9.17. The Morgan fingerprint density at radius 3 is 2.39 bits per heavy atom. The molecule has 2 rings (SSSR count). The normalized spacial score (nSPS) is 10.4. The smallest absolute Gasteiger partial charge is 0.115 e. The molecule has 0 saturated heterocycles. The Bertz CT molecular complexity index is 456. The van der Waals surface area contributed by atoms with Crippen LogP contribution in [0.15, 0.2) is 59.5 Å². The molecular formula is C15H17NOS. The number of phenolic OH excluding ortho intramolecular Hbond substituents is 1. The molecule has 2 N–H and O–H groups in total. The number of nitrogens with one attached hydrogen (secondary N) is 1. The Kier molecular flexibility index (Phi) is 5.12. The first-order chi connectivity index (χ1) is 8.84. The first kappa shape index (κ1) is 13.0. The summed E-state index contributed by atoms with van der Waals surface area (Å²) in [5.74, 6) is 1.38. The molecule has 0 radical (unpaired) electrons. The maximum Gasteiger partial charge on any atom is 0.115 e. The molecule has 2 aromatic carbocycles. The highest BCUT2D eigenvalue weighted by atomic mass is 32.2. The monoisotopic (exact) mass is 259 g/mol. The summed E-state index contributed by atoms with van der Waals surface area (Å²) in [7, 11) is 0. The van der Waals surface area contributed by atoms with Crippen LogP contribution < -0.4 is 5.32 Å². The molecule has 0 fully saturated rings. The first-order valence-electron chi connectivity index (χ1n) is 6.01. The van der Waals surface area contributed by atoms with Crippen LogP contribution in [0.25, 0.3) is 0 Å². The largest absolute Gasteiger partial charge is 0.508 e. The number of rotatable bonds is 6. The van der Waals surface area contributed by atoms with Gasteiger partial charge in [0.2, 0.25) is 0 Å². The van der Waals surface area contributed by atoms with E-state index in [2.05, 4.69) is 29.6 Å². The van der Waals surface area contributed by atoms with E-state index >= 15 is 0 Å². The Labute approximate surface area is 112 Å². The molecule has 0 amide bonds. The highest BCUT2D eigenvalue weighted by Crippen LogP contribution is 2.15. The van der Waals surface area contributed by atoms with E-state index < -0.39 is 0 Å². The van der Waals surface area contributed by atoms with Crippen molar-refractivity contribution < 1.29 is 5.11 Å². The third kappa shape index (κ3) is 4.43.